The number of fused-ring (bicyclic) bond motifs is 2. The average Bonchev–Trinajstić information content (AvgIpc) is 2.58. The van der Waals surface area contributed by atoms with E-state index in [2.05, 4.69) is 73.8 Å². The zero-order valence-electron chi connectivity index (χ0n) is 15.4. The van der Waals surface area contributed by atoms with Gasteiger partial charge in [-0.1, -0.05) is 62.7 Å². The third-order valence-electron chi connectivity index (χ3n) is 5.08. The van der Waals surface area contributed by atoms with Crippen molar-refractivity contribution < 1.29 is 4.79 Å². The van der Waals surface area contributed by atoms with Gasteiger partial charge in [-0.2, -0.15) is 0 Å². The monoisotopic (exact) mass is 333 g/mol. The largest absolute Gasteiger partial charge is 0.356 e. The van der Waals surface area contributed by atoms with E-state index in [0.717, 1.165) is 25.8 Å². The summed E-state index contributed by atoms with van der Waals surface area (Å²) in [7, 11) is 0. The molecule has 3 aromatic carbocycles. The van der Waals surface area contributed by atoms with Crippen molar-refractivity contribution in [3.05, 3.63) is 60.2 Å². The van der Waals surface area contributed by atoms with Crippen LogP contribution in [0.15, 0.2) is 54.6 Å². The van der Waals surface area contributed by atoms with Crippen LogP contribution in [0.2, 0.25) is 0 Å². The van der Waals surface area contributed by atoms with Gasteiger partial charge in [0.05, 0.1) is 0 Å². The lowest BCUT2D eigenvalue weighted by atomic mass is 9.77. The smallest absolute Gasteiger partial charge is 0.216 e. The number of unbranched alkanes of at least 4 members (excludes halogenated alkanes) is 1. The van der Waals surface area contributed by atoms with Crippen LogP contribution in [0.25, 0.3) is 21.5 Å². The third-order valence-corrected chi connectivity index (χ3v) is 5.08. The Bertz CT molecular complexity index is 895. The zero-order chi connectivity index (χ0) is 17.9. The van der Waals surface area contributed by atoms with Gasteiger partial charge in [0.2, 0.25) is 5.91 Å². The summed E-state index contributed by atoms with van der Waals surface area (Å²) >= 11 is 0. The van der Waals surface area contributed by atoms with Gasteiger partial charge >= 0.3 is 0 Å². The fraction of sp³-hybridized carbons (Fsp3) is 0.348. The predicted octanol–water partition coefficient (Wildman–Crippen LogP) is 5.58. The lowest BCUT2D eigenvalue weighted by Gasteiger charge is -2.27. The molecule has 2 nitrogen and oxygen atoms in total. The van der Waals surface area contributed by atoms with Crippen LogP contribution in [0.4, 0.5) is 0 Å². The van der Waals surface area contributed by atoms with Crippen LogP contribution >= 0.6 is 0 Å². The number of rotatable bonds is 6. The van der Waals surface area contributed by atoms with Gasteiger partial charge < -0.3 is 5.32 Å². The first-order valence-electron chi connectivity index (χ1n) is 9.14. The normalized spacial score (nSPS) is 11.8. The molecule has 0 heterocycles. The summed E-state index contributed by atoms with van der Waals surface area (Å²) in [4.78, 5) is 11.0. The number of carbonyl (C=O) groups excluding carboxylic acids is 1. The maximum atomic E-state index is 11.0. The van der Waals surface area contributed by atoms with E-state index in [1.54, 1.807) is 6.92 Å². The number of hydrogen-bond acceptors (Lipinski definition) is 1. The first-order valence-corrected chi connectivity index (χ1v) is 9.14. The van der Waals surface area contributed by atoms with Crippen LogP contribution in [0.3, 0.4) is 0 Å². The van der Waals surface area contributed by atoms with E-state index < -0.39 is 0 Å². The predicted molar refractivity (Wildman–Crippen MR) is 107 cm³/mol. The van der Waals surface area contributed by atoms with Gasteiger partial charge in [-0.25, -0.2) is 0 Å². The molecule has 3 aromatic rings. The molecule has 0 saturated carbocycles. The molecule has 0 spiro atoms. The first-order chi connectivity index (χ1) is 12.0. The number of nitrogens with one attached hydrogen (secondary N) is 1. The summed E-state index contributed by atoms with van der Waals surface area (Å²) in [6, 6.07) is 19.8. The van der Waals surface area contributed by atoms with E-state index >= 15 is 0 Å². The molecule has 25 heavy (non-hydrogen) atoms. The topological polar surface area (TPSA) is 29.1 Å². The van der Waals surface area contributed by atoms with E-state index in [9.17, 15) is 4.79 Å². The van der Waals surface area contributed by atoms with E-state index in [1.165, 1.54) is 27.1 Å². The minimum atomic E-state index is 0.0557. The van der Waals surface area contributed by atoms with Crippen LogP contribution in [0.1, 0.15) is 45.6 Å². The maximum Gasteiger partial charge on any atom is 0.216 e. The van der Waals surface area contributed by atoms with Gasteiger partial charge in [-0.3, -0.25) is 4.79 Å². The summed E-state index contributed by atoms with van der Waals surface area (Å²) in [5, 5.41) is 8.13. The summed E-state index contributed by atoms with van der Waals surface area (Å²) in [6.07, 6.45) is 3.24. The highest BCUT2D eigenvalue weighted by molar-refractivity contribution is 5.99. The van der Waals surface area contributed by atoms with Crippen LogP contribution in [0, 0.1) is 0 Å². The summed E-state index contributed by atoms with van der Waals surface area (Å²) in [5.41, 5.74) is 1.52. The Morgan fingerprint density at radius 3 is 2.32 bits per heavy atom. The second-order valence-electron chi connectivity index (χ2n) is 7.55. The Morgan fingerprint density at radius 1 is 0.920 bits per heavy atom. The molecule has 1 N–H and O–H groups in total. The molecule has 0 aromatic heterocycles. The van der Waals surface area contributed by atoms with Crippen molar-refractivity contribution in [1.29, 1.82) is 0 Å². The van der Waals surface area contributed by atoms with Gasteiger partial charge in [0.15, 0.2) is 0 Å². The van der Waals surface area contributed by atoms with E-state index in [4.69, 9.17) is 0 Å². The molecule has 0 radical (unpaired) electrons. The summed E-state index contributed by atoms with van der Waals surface area (Å²) < 4.78 is 0. The van der Waals surface area contributed by atoms with Crippen molar-refractivity contribution >= 4 is 27.5 Å². The van der Waals surface area contributed by atoms with Crippen molar-refractivity contribution in [2.75, 3.05) is 6.54 Å². The molecule has 0 fully saturated rings. The molecule has 0 aliphatic carbocycles. The fourth-order valence-corrected chi connectivity index (χ4v) is 3.65. The maximum absolute atomic E-state index is 11.0. The molecule has 0 bridgehead atoms. The molecular weight excluding hydrogens is 306 g/mol. The molecular formula is C23H27NO. The highest BCUT2D eigenvalue weighted by Gasteiger charge is 2.22. The number of amides is 1. The SMILES string of the molecule is CC(=O)NCCCCC(C)(C)c1cccc2cc3ccccc3cc12. The number of carbonyl (C=O) groups is 1. The van der Waals surface area contributed by atoms with Crippen molar-refractivity contribution in [3.8, 4) is 0 Å². The van der Waals surface area contributed by atoms with Gasteiger partial charge in [0.1, 0.15) is 0 Å². The van der Waals surface area contributed by atoms with Crippen LogP contribution in [0.5, 0.6) is 0 Å². The fourth-order valence-electron chi connectivity index (χ4n) is 3.65. The standard InChI is InChI=1S/C23H27NO/c1-17(25)24-14-7-6-13-23(2,3)22-12-8-11-20-15-18-9-4-5-10-19(18)16-21(20)22/h4-5,8-12,15-16H,6-7,13-14H2,1-3H3,(H,24,25). The average molecular weight is 333 g/mol. The Hall–Kier alpha value is -2.35. The van der Waals surface area contributed by atoms with Crippen LogP contribution in [-0.2, 0) is 10.2 Å². The Balaban J connectivity index is 1.86. The number of benzene rings is 3. The van der Waals surface area contributed by atoms with Gasteiger partial charge in [0.25, 0.3) is 0 Å². The summed E-state index contributed by atoms with van der Waals surface area (Å²) in [6.45, 7) is 7.00. The summed E-state index contributed by atoms with van der Waals surface area (Å²) in [5.74, 6) is 0.0557. The van der Waals surface area contributed by atoms with Gasteiger partial charge in [-0.15, -0.1) is 0 Å². The quantitative estimate of drug-likeness (QED) is 0.463. The van der Waals surface area contributed by atoms with E-state index in [1.807, 2.05) is 0 Å². The van der Waals surface area contributed by atoms with E-state index in [0.29, 0.717) is 0 Å². The zero-order valence-corrected chi connectivity index (χ0v) is 15.4. The molecule has 130 valence electrons. The first kappa shape index (κ1) is 17.5. The second-order valence-corrected chi connectivity index (χ2v) is 7.55. The molecule has 3 rings (SSSR count). The lowest BCUT2D eigenvalue weighted by molar-refractivity contribution is -0.118. The molecule has 1 amide bonds. The molecule has 0 saturated heterocycles. The minimum absolute atomic E-state index is 0.0557. The third kappa shape index (κ3) is 4.01. The Morgan fingerprint density at radius 2 is 1.60 bits per heavy atom. The van der Waals surface area contributed by atoms with Crippen molar-refractivity contribution in [2.24, 2.45) is 0 Å². The minimum Gasteiger partial charge on any atom is -0.356 e. The van der Waals surface area contributed by atoms with Gasteiger partial charge in [0, 0.05) is 13.5 Å². The van der Waals surface area contributed by atoms with E-state index in [-0.39, 0.29) is 11.3 Å². The van der Waals surface area contributed by atoms with Crippen LogP contribution in [-0.4, -0.2) is 12.5 Å². The highest BCUT2D eigenvalue weighted by atomic mass is 16.1. The Labute approximate surface area is 150 Å². The Kier molecular flexibility index (Phi) is 5.08. The molecule has 0 aliphatic heterocycles. The molecule has 0 atom stereocenters. The molecule has 0 unspecified atom stereocenters. The second kappa shape index (κ2) is 7.26. The van der Waals surface area contributed by atoms with Gasteiger partial charge in [-0.05, 0) is 57.5 Å². The van der Waals surface area contributed by atoms with Crippen molar-refractivity contribution in [2.45, 2.75) is 45.4 Å². The molecule has 2 heteroatoms. The van der Waals surface area contributed by atoms with Crippen LogP contribution < -0.4 is 5.32 Å². The van der Waals surface area contributed by atoms with Crippen molar-refractivity contribution in [1.82, 2.24) is 5.32 Å². The van der Waals surface area contributed by atoms with Crippen molar-refractivity contribution in [3.63, 3.8) is 0 Å². The highest BCUT2D eigenvalue weighted by Crippen LogP contribution is 2.35. The molecule has 0 aliphatic rings. The number of hydrogen-bond donors (Lipinski definition) is 1. The lowest BCUT2D eigenvalue weighted by Crippen LogP contribution is -2.22.